The first-order valence-electron chi connectivity index (χ1n) is 11.1. The van der Waals surface area contributed by atoms with Crippen LogP contribution in [0.4, 0.5) is 0 Å². The van der Waals surface area contributed by atoms with Crippen molar-refractivity contribution in [2.75, 3.05) is 13.2 Å². The predicted octanol–water partition coefficient (Wildman–Crippen LogP) is 6.12. The number of hydrogen-bond donors (Lipinski definition) is 2. The number of aliphatic hydroxyl groups excluding tert-OH is 1. The molecule has 0 aliphatic carbocycles. The molecule has 3 heteroatoms. The van der Waals surface area contributed by atoms with Crippen LogP contribution in [0.2, 0.25) is 0 Å². The third-order valence-electron chi connectivity index (χ3n) is 4.65. The molecule has 0 heterocycles. The predicted molar refractivity (Wildman–Crippen MR) is 122 cm³/mol. The van der Waals surface area contributed by atoms with E-state index in [2.05, 4.69) is 74.7 Å². The van der Waals surface area contributed by atoms with E-state index in [1.165, 1.54) is 25.7 Å². The standard InChI is InChI=1S/C25H43NO2/c1-4-5-6-7-8-9-10-11-12-13-14-15-16-17-18-19-20-24(23(2)3)25(28)26-21-22-27/h8-9,11-12,14-15,17-18,23-24,27H,4-7,10,13,16,19-22H2,1-3H3,(H,26,28)/b9-8-,12-11-,15-14-,18-17-/t24-/m1/s1. The zero-order valence-electron chi connectivity index (χ0n) is 18.4. The van der Waals surface area contributed by atoms with Gasteiger partial charge in [-0.3, -0.25) is 4.79 Å². The molecule has 3 nitrogen and oxygen atoms in total. The van der Waals surface area contributed by atoms with Crippen molar-refractivity contribution >= 4 is 5.91 Å². The molecule has 0 saturated heterocycles. The van der Waals surface area contributed by atoms with Crippen molar-refractivity contribution in [1.29, 1.82) is 0 Å². The van der Waals surface area contributed by atoms with Gasteiger partial charge in [-0.05, 0) is 50.9 Å². The van der Waals surface area contributed by atoms with E-state index in [0.717, 1.165) is 32.1 Å². The fraction of sp³-hybridized carbons (Fsp3) is 0.640. The van der Waals surface area contributed by atoms with E-state index in [0.29, 0.717) is 12.5 Å². The second-order valence-electron chi connectivity index (χ2n) is 7.53. The molecule has 0 aromatic carbocycles. The Morgan fingerprint density at radius 3 is 1.89 bits per heavy atom. The lowest BCUT2D eigenvalue weighted by atomic mass is 9.90. The minimum atomic E-state index is -0.00622. The molecular weight excluding hydrogens is 346 g/mol. The zero-order chi connectivity index (χ0) is 20.9. The summed E-state index contributed by atoms with van der Waals surface area (Å²) in [4.78, 5) is 12.1. The fourth-order valence-electron chi connectivity index (χ4n) is 2.91. The van der Waals surface area contributed by atoms with Gasteiger partial charge in [-0.2, -0.15) is 0 Å². The summed E-state index contributed by atoms with van der Waals surface area (Å²) in [6.07, 6.45) is 27.6. The van der Waals surface area contributed by atoms with E-state index in [1.54, 1.807) is 0 Å². The maximum Gasteiger partial charge on any atom is 0.223 e. The van der Waals surface area contributed by atoms with Crippen LogP contribution in [-0.4, -0.2) is 24.2 Å². The highest BCUT2D eigenvalue weighted by molar-refractivity contribution is 5.78. The van der Waals surface area contributed by atoms with Crippen molar-refractivity contribution in [2.24, 2.45) is 11.8 Å². The van der Waals surface area contributed by atoms with Gasteiger partial charge >= 0.3 is 0 Å². The molecule has 28 heavy (non-hydrogen) atoms. The number of hydrogen-bond acceptors (Lipinski definition) is 2. The summed E-state index contributed by atoms with van der Waals surface area (Å²) in [6, 6.07) is 0. The van der Waals surface area contributed by atoms with Gasteiger partial charge in [0.25, 0.3) is 0 Å². The second kappa shape index (κ2) is 20.1. The van der Waals surface area contributed by atoms with Crippen molar-refractivity contribution in [3.05, 3.63) is 48.6 Å². The molecule has 160 valence electrons. The smallest absolute Gasteiger partial charge is 0.223 e. The average Bonchev–Trinajstić information content (AvgIpc) is 2.68. The van der Waals surface area contributed by atoms with Gasteiger partial charge in [0.1, 0.15) is 0 Å². The Morgan fingerprint density at radius 1 is 0.857 bits per heavy atom. The van der Waals surface area contributed by atoms with Crippen LogP contribution in [-0.2, 0) is 4.79 Å². The van der Waals surface area contributed by atoms with E-state index in [9.17, 15) is 4.79 Å². The van der Waals surface area contributed by atoms with Crippen LogP contribution < -0.4 is 5.32 Å². The lowest BCUT2D eigenvalue weighted by Crippen LogP contribution is -2.35. The first kappa shape index (κ1) is 26.4. The SMILES string of the molecule is CCCCC/C=C\C/C=C\C/C=C\C/C=C\CC[C@@H](C(=O)NCCO)C(C)C. The number of unbranched alkanes of at least 4 members (excludes halogenated alkanes) is 3. The number of amides is 1. The summed E-state index contributed by atoms with van der Waals surface area (Å²) in [5.41, 5.74) is 0. The van der Waals surface area contributed by atoms with Crippen molar-refractivity contribution in [3.63, 3.8) is 0 Å². The highest BCUT2D eigenvalue weighted by atomic mass is 16.3. The Hall–Kier alpha value is -1.61. The lowest BCUT2D eigenvalue weighted by Gasteiger charge is -2.19. The van der Waals surface area contributed by atoms with Gasteiger partial charge in [-0.25, -0.2) is 0 Å². The Labute approximate surface area is 173 Å². The van der Waals surface area contributed by atoms with Crippen LogP contribution in [0.3, 0.4) is 0 Å². The van der Waals surface area contributed by atoms with Gasteiger partial charge in [-0.15, -0.1) is 0 Å². The Bertz CT molecular complexity index is 475. The Morgan fingerprint density at radius 2 is 1.39 bits per heavy atom. The summed E-state index contributed by atoms with van der Waals surface area (Å²) >= 11 is 0. The molecule has 2 N–H and O–H groups in total. The largest absolute Gasteiger partial charge is 0.395 e. The normalized spacial score (nSPS) is 13.6. The third kappa shape index (κ3) is 16.6. The molecule has 0 saturated carbocycles. The summed E-state index contributed by atoms with van der Waals surface area (Å²) in [7, 11) is 0. The molecule has 1 amide bonds. The van der Waals surface area contributed by atoms with Crippen LogP contribution in [0, 0.1) is 11.8 Å². The number of carbonyl (C=O) groups excluding carboxylic acids is 1. The second-order valence-corrected chi connectivity index (χ2v) is 7.53. The van der Waals surface area contributed by atoms with Crippen molar-refractivity contribution in [1.82, 2.24) is 5.32 Å². The van der Waals surface area contributed by atoms with Crippen LogP contribution in [0.1, 0.15) is 78.6 Å². The number of rotatable bonds is 17. The van der Waals surface area contributed by atoms with E-state index < -0.39 is 0 Å². The van der Waals surface area contributed by atoms with Crippen LogP contribution in [0.5, 0.6) is 0 Å². The maximum absolute atomic E-state index is 12.1. The summed E-state index contributed by atoms with van der Waals surface area (Å²) < 4.78 is 0. The van der Waals surface area contributed by atoms with Crippen LogP contribution in [0.25, 0.3) is 0 Å². The highest BCUT2D eigenvalue weighted by Crippen LogP contribution is 2.17. The van der Waals surface area contributed by atoms with Gasteiger partial charge in [0.05, 0.1) is 6.61 Å². The minimum absolute atomic E-state index is 0.00622. The number of carbonyl (C=O) groups is 1. The van der Waals surface area contributed by atoms with Crippen LogP contribution >= 0.6 is 0 Å². The first-order chi connectivity index (χ1) is 13.6. The Kier molecular flexibility index (Phi) is 19.0. The maximum atomic E-state index is 12.1. The van der Waals surface area contributed by atoms with E-state index in [-0.39, 0.29) is 18.4 Å². The summed E-state index contributed by atoms with van der Waals surface area (Å²) in [6.45, 7) is 6.72. The van der Waals surface area contributed by atoms with Crippen molar-refractivity contribution < 1.29 is 9.90 Å². The zero-order valence-corrected chi connectivity index (χ0v) is 18.4. The molecule has 0 aliphatic heterocycles. The average molecular weight is 390 g/mol. The molecule has 0 aromatic rings. The number of aliphatic hydroxyl groups is 1. The van der Waals surface area contributed by atoms with E-state index >= 15 is 0 Å². The number of nitrogens with one attached hydrogen (secondary N) is 1. The first-order valence-corrected chi connectivity index (χ1v) is 11.1. The molecular formula is C25H43NO2. The monoisotopic (exact) mass is 389 g/mol. The number of allylic oxidation sites excluding steroid dienone is 8. The molecule has 0 spiro atoms. The molecule has 0 bridgehead atoms. The van der Waals surface area contributed by atoms with Crippen molar-refractivity contribution in [2.45, 2.75) is 78.6 Å². The van der Waals surface area contributed by atoms with Gasteiger partial charge in [0.2, 0.25) is 5.91 Å². The van der Waals surface area contributed by atoms with Crippen molar-refractivity contribution in [3.8, 4) is 0 Å². The highest BCUT2D eigenvalue weighted by Gasteiger charge is 2.20. The van der Waals surface area contributed by atoms with Gasteiger partial charge in [-0.1, -0.05) is 82.2 Å². The summed E-state index contributed by atoms with van der Waals surface area (Å²) in [5, 5.41) is 11.6. The molecule has 0 unspecified atom stereocenters. The van der Waals surface area contributed by atoms with Gasteiger partial charge < -0.3 is 10.4 Å². The van der Waals surface area contributed by atoms with Crippen LogP contribution in [0.15, 0.2) is 48.6 Å². The third-order valence-corrected chi connectivity index (χ3v) is 4.65. The minimum Gasteiger partial charge on any atom is -0.395 e. The Balaban J connectivity index is 3.81. The molecule has 0 rings (SSSR count). The van der Waals surface area contributed by atoms with Gasteiger partial charge in [0, 0.05) is 12.5 Å². The van der Waals surface area contributed by atoms with E-state index in [4.69, 9.17) is 5.11 Å². The summed E-state index contributed by atoms with van der Waals surface area (Å²) in [5.74, 6) is 0.377. The molecule has 1 atom stereocenters. The molecule has 0 radical (unpaired) electrons. The van der Waals surface area contributed by atoms with E-state index in [1.807, 2.05) is 0 Å². The fourth-order valence-corrected chi connectivity index (χ4v) is 2.91. The van der Waals surface area contributed by atoms with Gasteiger partial charge in [0.15, 0.2) is 0 Å². The molecule has 0 aliphatic rings. The topological polar surface area (TPSA) is 49.3 Å². The molecule has 0 aromatic heterocycles. The lowest BCUT2D eigenvalue weighted by molar-refractivity contribution is -0.126. The quantitative estimate of drug-likeness (QED) is 0.232. The molecule has 0 fully saturated rings.